The van der Waals surface area contributed by atoms with Crippen LogP contribution in [0.15, 0.2) is 35.2 Å². The third-order valence-electron chi connectivity index (χ3n) is 3.51. The number of phenolic OH excluding ortho intramolecular Hbond substituents is 1. The number of rotatable bonds is 3. The van der Waals surface area contributed by atoms with Gasteiger partial charge in [0.05, 0.1) is 16.8 Å². The number of thioether (sulfide) groups is 1. The number of alkyl halides is 1. The molecule has 2 aromatic carbocycles. The lowest BCUT2D eigenvalue weighted by molar-refractivity contribution is 0.0977. The van der Waals surface area contributed by atoms with Gasteiger partial charge < -0.3 is 10.8 Å². The fourth-order valence-electron chi connectivity index (χ4n) is 2.54. The lowest BCUT2D eigenvalue weighted by atomic mass is 9.83. The average Bonchev–Trinajstić information content (AvgIpc) is 2.53. The van der Waals surface area contributed by atoms with Gasteiger partial charge in [0.2, 0.25) is 0 Å². The van der Waals surface area contributed by atoms with Gasteiger partial charge in [0, 0.05) is 27.1 Å². The summed E-state index contributed by atoms with van der Waals surface area (Å²) in [6.45, 7) is 0. The summed E-state index contributed by atoms with van der Waals surface area (Å²) in [5.41, 5.74) is 7.10. The molecular formula is C16H12BrNO3S. The Bertz CT molecular complexity index is 804. The van der Waals surface area contributed by atoms with Crippen LogP contribution in [-0.4, -0.2) is 27.8 Å². The van der Waals surface area contributed by atoms with E-state index in [1.807, 2.05) is 0 Å². The predicted molar refractivity (Wildman–Crippen MR) is 90.3 cm³/mol. The molecule has 0 aliphatic heterocycles. The zero-order chi connectivity index (χ0) is 15.9. The van der Waals surface area contributed by atoms with Crippen molar-refractivity contribution in [3.8, 4) is 5.75 Å². The Morgan fingerprint density at radius 1 is 1.09 bits per heavy atom. The molecule has 0 aromatic heterocycles. The maximum Gasteiger partial charge on any atom is 0.198 e. The number of fused-ring (bicyclic) bond motifs is 2. The average molecular weight is 378 g/mol. The van der Waals surface area contributed by atoms with E-state index < -0.39 is 0 Å². The van der Waals surface area contributed by atoms with Crippen LogP contribution >= 0.6 is 27.7 Å². The van der Waals surface area contributed by atoms with Crippen molar-refractivity contribution in [2.24, 2.45) is 0 Å². The standard InChI is InChI=1S/C16H12BrNO3S/c17-5-6-22-11-7-10(19)12-13(14(11)18)16(21)9-4-2-1-3-8(9)15(12)20/h1-4,7,19H,5-6,18H2. The Balaban J connectivity index is 2.24. The normalized spacial score (nSPS) is 13.0. The highest BCUT2D eigenvalue weighted by Crippen LogP contribution is 2.41. The molecule has 22 heavy (non-hydrogen) atoms. The number of halogens is 1. The molecule has 3 rings (SSSR count). The number of carbonyl (C=O) groups excluding carboxylic acids is 2. The van der Waals surface area contributed by atoms with Crippen LogP contribution < -0.4 is 5.73 Å². The summed E-state index contributed by atoms with van der Waals surface area (Å²) in [7, 11) is 0. The van der Waals surface area contributed by atoms with E-state index in [-0.39, 0.29) is 34.1 Å². The second-order valence-corrected chi connectivity index (χ2v) is 6.73. The minimum atomic E-state index is -0.369. The lowest BCUT2D eigenvalue weighted by Gasteiger charge is -2.21. The van der Waals surface area contributed by atoms with E-state index >= 15 is 0 Å². The SMILES string of the molecule is Nc1c(SCCBr)cc(O)c2c1C(=O)c1ccccc1C2=O. The molecule has 0 unspecified atom stereocenters. The largest absolute Gasteiger partial charge is 0.507 e. The second kappa shape index (κ2) is 5.78. The van der Waals surface area contributed by atoms with Gasteiger partial charge in [-0.25, -0.2) is 0 Å². The van der Waals surface area contributed by atoms with E-state index in [9.17, 15) is 14.7 Å². The molecule has 0 amide bonds. The first-order valence-corrected chi connectivity index (χ1v) is 8.69. The number of carbonyl (C=O) groups is 2. The lowest BCUT2D eigenvalue weighted by Crippen LogP contribution is -2.22. The van der Waals surface area contributed by atoms with Gasteiger partial charge in [-0.3, -0.25) is 9.59 Å². The number of nitrogens with two attached hydrogens (primary N) is 1. The molecule has 0 bridgehead atoms. The number of nitrogen functional groups attached to an aromatic ring is 1. The van der Waals surface area contributed by atoms with Crippen molar-refractivity contribution in [1.82, 2.24) is 0 Å². The van der Waals surface area contributed by atoms with Crippen LogP contribution in [0, 0.1) is 0 Å². The molecule has 0 fully saturated rings. The molecule has 0 heterocycles. The molecule has 1 aliphatic carbocycles. The van der Waals surface area contributed by atoms with Crippen LogP contribution in [0.5, 0.6) is 5.75 Å². The molecule has 0 spiro atoms. The molecule has 112 valence electrons. The first kappa shape index (κ1) is 15.1. The number of aromatic hydroxyl groups is 1. The van der Waals surface area contributed by atoms with E-state index in [2.05, 4.69) is 15.9 Å². The summed E-state index contributed by atoms with van der Waals surface area (Å²) < 4.78 is 0. The second-order valence-electron chi connectivity index (χ2n) is 4.80. The third kappa shape index (κ3) is 2.23. The van der Waals surface area contributed by atoms with Gasteiger partial charge in [-0.2, -0.15) is 0 Å². The van der Waals surface area contributed by atoms with Crippen LogP contribution in [0.25, 0.3) is 0 Å². The topological polar surface area (TPSA) is 80.4 Å². The van der Waals surface area contributed by atoms with Gasteiger partial charge in [0.25, 0.3) is 0 Å². The van der Waals surface area contributed by atoms with Crippen molar-refractivity contribution in [2.45, 2.75) is 4.90 Å². The number of phenols is 1. The molecular weight excluding hydrogens is 366 g/mol. The number of ketones is 2. The Labute approximate surface area is 139 Å². The highest BCUT2D eigenvalue weighted by atomic mass is 79.9. The number of benzene rings is 2. The van der Waals surface area contributed by atoms with Gasteiger partial charge >= 0.3 is 0 Å². The first-order chi connectivity index (χ1) is 10.6. The molecule has 0 atom stereocenters. The van der Waals surface area contributed by atoms with E-state index in [1.165, 1.54) is 17.8 Å². The summed E-state index contributed by atoms with van der Waals surface area (Å²) >= 11 is 4.75. The minimum absolute atomic E-state index is 0.00407. The highest BCUT2D eigenvalue weighted by Gasteiger charge is 2.34. The maximum atomic E-state index is 12.7. The Hall–Kier alpha value is -1.79. The zero-order valence-corrected chi connectivity index (χ0v) is 13.8. The van der Waals surface area contributed by atoms with Crippen LogP contribution in [0.1, 0.15) is 31.8 Å². The quantitative estimate of drug-likeness (QED) is 0.317. The monoisotopic (exact) mass is 377 g/mol. The summed E-state index contributed by atoms with van der Waals surface area (Å²) in [5, 5.41) is 11.0. The number of anilines is 1. The van der Waals surface area contributed by atoms with Gasteiger partial charge in [-0.05, 0) is 6.07 Å². The minimum Gasteiger partial charge on any atom is -0.507 e. The van der Waals surface area contributed by atoms with Crippen molar-refractivity contribution in [3.63, 3.8) is 0 Å². The maximum absolute atomic E-state index is 12.7. The number of hydrogen-bond acceptors (Lipinski definition) is 5. The molecule has 1 aliphatic rings. The molecule has 6 heteroatoms. The molecule has 0 saturated carbocycles. The summed E-state index contributed by atoms with van der Waals surface area (Å²) in [6, 6.07) is 8.04. The van der Waals surface area contributed by atoms with E-state index in [0.29, 0.717) is 16.0 Å². The summed E-state index contributed by atoms with van der Waals surface area (Å²) in [4.78, 5) is 25.9. The van der Waals surface area contributed by atoms with E-state index in [0.717, 1.165) is 11.1 Å². The van der Waals surface area contributed by atoms with Gasteiger partial charge in [0.15, 0.2) is 11.6 Å². The third-order valence-corrected chi connectivity index (χ3v) is 5.49. The molecule has 0 radical (unpaired) electrons. The molecule has 0 saturated heterocycles. The van der Waals surface area contributed by atoms with Crippen molar-refractivity contribution >= 4 is 44.9 Å². The van der Waals surface area contributed by atoms with Crippen molar-refractivity contribution in [3.05, 3.63) is 52.6 Å². The van der Waals surface area contributed by atoms with Crippen LogP contribution in [0.3, 0.4) is 0 Å². The Kier molecular flexibility index (Phi) is 3.97. The van der Waals surface area contributed by atoms with Crippen LogP contribution in [-0.2, 0) is 0 Å². The fraction of sp³-hybridized carbons (Fsp3) is 0.125. The van der Waals surface area contributed by atoms with Crippen molar-refractivity contribution < 1.29 is 14.7 Å². The predicted octanol–water partition coefficient (Wildman–Crippen LogP) is 3.24. The Morgan fingerprint density at radius 2 is 1.68 bits per heavy atom. The summed E-state index contributed by atoms with van der Waals surface area (Å²) in [6.07, 6.45) is 0. The fourth-order valence-corrected chi connectivity index (χ4v) is 3.78. The first-order valence-electron chi connectivity index (χ1n) is 6.59. The van der Waals surface area contributed by atoms with E-state index in [4.69, 9.17) is 5.73 Å². The van der Waals surface area contributed by atoms with Gasteiger partial charge in [-0.1, -0.05) is 40.2 Å². The smallest absolute Gasteiger partial charge is 0.198 e. The molecule has 3 N–H and O–H groups in total. The molecule has 2 aromatic rings. The number of hydrogen-bond donors (Lipinski definition) is 2. The Morgan fingerprint density at radius 3 is 2.27 bits per heavy atom. The zero-order valence-electron chi connectivity index (χ0n) is 11.4. The molecule has 4 nitrogen and oxygen atoms in total. The van der Waals surface area contributed by atoms with Gasteiger partial charge in [0.1, 0.15) is 5.75 Å². The van der Waals surface area contributed by atoms with E-state index in [1.54, 1.807) is 24.3 Å². The van der Waals surface area contributed by atoms with Crippen molar-refractivity contribution in [2.75, 3.05) is 16.8 Å². The van der Waals surface area contributed by atoms with Crippen LogP contribution in [0.2, 0.25) is 0 Å². The highest BCUT2D eigenvalue weighted by molar-refractivity contribution is 9.09. The van der Waals surface area contributed by atoms with Crippen LogP contribution in [0.4, 0.5) is 5.69 Å². The van der Waals surface area contributed by atoms with Crippen molar-refractivity contribution in [1.29, 1.82) is 0 Å². The van der Waals surface area contributed by atoms with Gasteiger partial charge in [-0.15, -0.1) is 11.8 Å². The summed E-state index contributed by atoms with van der Waals surface area (Å²) in [5.74, 6) is -0.152.